The van der Waals surface area contributed by atoms with Gasteiger partial charge in [-0.25, -0.2) is 4.79 Å². The fourth-order valence-electron chi connectivity index (χ4n) is 2.76. The van der Waals surface area contributed by atoms with Crippen molar-refractivity contribution < 1.29 is 9.53 Å². The number of ether oxygens (including phenoxy) is 1. The molecular formula is C19H18ClNO2. The van der Waals surface area contributed by atoms with Crippen molar-refractivity contribution in [2.45, 2.75) is 19.1 Å². The number of hydrogen-bond donors (Lipinski definition) is 0. The highest BCUT2D eigenvalue weighted by Crippen LogP contribution is 2.33. The predicted molar refractivity (Wildman–Crippen MR) is 92.2 cm³/mol. The number of fused-ring (bicyclic) bond motifs is 1. The highest BCUT2D eigenvalue weighted by atomic mass is 35.5. The van der Waals surface area contributed by atoms with Crippen LogP contribution in [-0.2, 0) is 11.3 Å². The van der Waals surface area contributed by atoms with Gasteiger partial charge in [-0.05, 0) is 35.2 Å². The van der Waals surface area contributed by atoms with E-state index in [1.54, 1.807) is 11.9 Å². The second-order valence-corrected chi connectivity index (χ2v) is 6.01. The molecule has 0 saturated carbocycles. The van der Waals surface area contributed by atoms with Crippen molar-refractivity contribution in [3.05, 3.63) is 76.3 Å². The largest absolute Gasteiger partial charge is 0.445 e. The number of carbonyl (C=O) groups is 1. The first-order valence-electron chi connectivity index (χ1n) is 7.54. The average molecular weight is 328 g/mol. The number of rotatable bonds is 3. The quantitative estimate of drug-likeness (QED) is 0.788. The molecule has 0 N–H and O–H groups in total. The molecule has 23 heavy (non-hydrogen) atoms. The minimum Gasteiger partial charge on any atom is -0.445 e. The monoisotopic (exact) mass is 327 g/mol. The highest BCUT2D eigenvalue weighted by Gasteiger charge is 2.25. The molecule has 1 aliphatic rings. The fourth-order valence-corrected chi connectivity index (χ4v) is 2.94. The molecule has 2 aromatic carbocycles. The SMILES string of the molecule is CN(C(=O)OCc1ccccc1)C1CC=Cc2cc(Cl)ccc21. The van der Waals surface area contributed by atoms with Crippen LogP contribution in [0.4, 0.5) is 4.79 Å². The van der Waals surface area contributed by atoms with Crippen molar-refractivity contribution in [3.8, 4) is 0 Å². The van der Waals surface area contributed by atoms with Gasteiger partial charge in [0, 0.05) is 12.1 Å². The number of hydrogen-bond acceptors (Lipinski definition) is 2. The Bertz CT molecular complexity index is 727. The predicted octanol–water partition coefficient (Wildman–Crippen LogP) is 5.07. The van der Waals surface area contributed by atoms with Crippen molar-refractivity contribution in [1.82, 2.24) is 4.90 Å². The Morgan fingerprint density at radius 1 is 1.26 bits per heavy atom. The van der Waals surface area contributed by atoms with E-state index < -0.39 is 0 Å². The summed E-state index contributed by atoms with van der Waals surface area (Å²) in [6.45, 7) is 0.278. The molecule has 2 aromatic rings. The van der Waals surface area contributed by atoms with Gasteiger partial charge in [0.05, 0.1) is 6.04 Å². The first-order chi connectivity index (χ1) is 11.1. The van der Waals surface area contributed by atoms with E-state index in [2.05, 4.69) is 6.08 Å². The van der Waals surface area contributed by atoms with Gasteiger partial charge in [-0.2, -0.15) is 0 Å². The Labute approximate surface area is 141 Å². The zero-order valence-corrected chi connectivity index (χ0v) is 13.7. The summed E-state index contributed by atoms with van der Waals surface area (Å²) in [6, 6.07) is 15.4. The number of halogens is 1. The van der Waals surface area contributed by atoms with Crippen LogP contribution in [-0.4, -0.2) is 18.0 Å². The molecule has 4 heteroatoms. The zero-order valence-electron chi connectivity index (χ0n) is 12.9. The Kier molecular flexibility index (Phi) is 4.68. The lowest BCUT2D eigenvalue weighted by Gasteiger charge is -2.30. The standard InChI is InChI=1S/C19H18ClNO2/c1-21(19(22)23-13-14-6-3-2-4-7-14)18-9-5-8-15-12-16(20)10-11-17(15)18/h2-8,10-12,18H,9,13H2,1H3. The van der Waals surface area contributed by atoms with Crippen molar-refractivity contribution in [2.24, 2.45) is 0 Å². The van der Waals surface area contributed by atoms with E-state index in [-0.39, 0.29) is 18.7 Å². The third kappa shape index (κ3) is 3.57. The van der Waals surface area contributed by atoms with Gasteiger partial charge in [0.1, 0.15) is 6.61 Å². The summed E-state index contributed by atoms with van der Waals surface area (Å²) >= 11 is 6.04. The second-order valence-electron chi connectivity index (χ2n) is 5.58. The van der Waals surface area contributed by atoms with Crippen LogP contribution in [0, 0.1) is 0 Å². The van der Waals surface area contributed by atoms with Crippen LogP contribution in [0.3, 0.4) is 0 Å². The van der Waals surface area contributed by atoms with Gasteiger partial charge < -0.3 is 9.64 Å². The summed E-state index contributed by atoms with van der Waals surface area (Å²) in [4.78, 5) is 14.0. The summed E-state index contributed by atoms with van der Waals surface area (Å²) < 4.78 is 5.42. The van der Waals surface area contributed by atoms with Crippen LogP contribution in [0.2, 0.25) is 5.02 Å². The maximum absolute atomic E-state index is 12.3. The minimum atomic E-state index is -0.324. The lowest BCUT2D eigenvalue weighted by molar-refractivity contribution is 0.0909. The third-order valence-electron chi connectivity index (χ3n) is 4.03. The van der Waals surface area contributed by atoms with Crippen LogP contribution in [0.5, 0.6) is 0 Å². The number of amides is 1. The van der Waals surface area contributed by atoms with E-state index in [9.17, 15) is 4.79 Å². The molecule has 0 spiro atoms. The van der Waals surface area contributed by atoms with Gasteiger partial charge in [0.15, 0.2) is 0 Å². The van der Waals surface area contributed by atoms with E-state index in [0.717, 1.165) is 23.1 Å². The molecule has 0 heterocycles. The summed E-state index contributed by atoms with van der Waals surface area (Å²) in [7, 11) is 1.77. The van der Waals surface area contributed by atoms with E-state index in [4.69, 9.17) is 16.3 Å². The average Bonchev–Trinajstić information content (AvgIpc) is 2.59. The third-order valence-corrected chi connectivity index (χ3v) is 4.26. The Balaban J connectivity index is 1.70. The van der Waals surface area contributed by atoms with Crippen molar-refractivity contribution in [3.63, 3.8) is 0 Å². The van der Waals surface area contributed by atoms with Crippen molar-refractivity contribution >= 4 is 23.8 Å². The molecule has 0 aromatic heterocycles. The van der Waals surface area contributed by atoms with Crippen LogP contribution in [0.15, 0.2) is 54.6 Å². The van der Waals surface area contributed by atoms with Gasteiger partial charge in [0.25, 0.3) is 0 Å². The first-order valence-corrected chi connectivity index (χ1v) is 7.92. The van der Waals surface area contributed by atoms with Crippen LogP contribution < -0.4 is 0 Å². The van der Waals surface area contributed by atoms with Crippen molar-refractivity contribution in [2.75, 3.05) is 7.05 Å². The summed E-state index contributed by atoms with van der Waals surface area (Å²) in [5, 5.41) is 0.698. The van der Waals surface area contributed by atoms with Gasteiger partial charge in [-0.3, -0.25) is 0 Å². The summed E-state index contributed by atoms with van der Waals surface area (Å²) in [5.41, 5.74) is 3.12. The molecule has 1 aliphatic carbocycles. The number of carbonyl (C=O) groups excluding carboxylic acids is 1. The molecule has 1 atom stereocenters. The van der Waals surface area contributed by atoms with E-state index in [0.29, 0.717) is 5.02 Å². The summed E-state index contributed by atoms with van der Waals surface area (Å²) in [6.07, 6.45) is 4.55. The Hall–Kier alpha value is -2.26. The van der Waals surface area contributed by atoms with E-state index >= 15 is 0 Å². The highest BCUT2D eigenvalue weighted by molar-refractivity contribution is 6.30. The van der Waals surface area contributed by atoms with Gasteiger partial charge in [-0.15, -0.1) is 0 Å². The molecule has 0 saturated heterocycles. The molecule has 0 bridgehead atoms. The molecule has 1 amide bonds. The fraction of sp³-hybridized carbons (Fsp3) is 0.211. The van der Waals surface area contributed by atoms with Crippen LogP contribution in [0.25, 0.3) is 6.08 Å². The molecule has 0 fully saturated rings. The maximum Gasteiger partial charge on any atom is 0.410 e. The molecule has 1 unspecified atom stereocenters. The Morgan fingerprint density at radius 2 is 2.04 bits per heavy atom. The van der Waals surface area contributed by atoms with Crippen LogP contribution >= 0.6 is 11.6 Å². The molecular weight excluding hydrogens is 310 g/mol. The zero-order chi connectivity index (χ0) is 16.2. The lowest BCUT2D eigenvalue weighted by Crippen LogP contribution is -2.32. The molecule has 0 radical (unpaired) electrons. The van der Waals surface area contributed by atoms with Crippen molar-refractivity contribution in [1.29, 1.82) is 0 Å². The van der Waals surface area contributed by atoms with Gasteiger partial charge in [-0.1, -0.05) is 60.2 Å². The minimum absolute atomic E-state index is 0.0319. The normalized spacial score (nSPS) is 15.8. The second kappa shape index (κ2) is 6.88. The van der Waals surface area contributed by atoms with E-state index in [1.165, 1.54) is 0 Å². The topological polar surface area (TPSA) is 29.5 Å². The first kappa shape index (κ1) is 15.6. The Morgan fingerprint density at radius 3 is 2.83 bits per heavy atom. The maximum atomic E-state index is 12.3. The van der Waals surface area contributed by atoms with E-state index in [1.807, 2.05) is 54.6 Å². The smallest absolute Gasteiger partial charge is 0.410 e. The molecule has 118 valence electrons. The molecule has 0 aliphatic heterocycles. The van der Waals surface area contributed by atoms with Gasteiger partial charge in [0.2, 0.25) is 0 Å². The number of nitrogens with zero attached hydrogens (tertiary/aromatic N) is 1. The van der Waals surface area contributed by atoms with Crippen LogP contribution in [0.1, 0.15) is 29.2 Å². The summed E-state index contributed by atoms with van der Waals surface area (Å²) in [5.74, 6) is 0. The number of benzene rings is 2. The molecule has 3 nitrogen and oxygen atoms in total. The lowest BCUT2D eigenvalue weighted by atomic mass is 9.92. The molecule has 3 rings (SSSR count). The van der Waals surface area contributed by atoms with Gasteiger partial charge >= 0.3 is 6.09 Å².